The van der Waals surface area contributed by atoms with Crippen LogP contribution in [-0.2, 0) is 11.3 Å². The van der Waals surface area contributed by atoms with Crippen molar-refractivity contribution >= 4 is 22.5 Å². The lowest BCUT2D eigenvalue weighted by molar-refractivity contribution is -0.129. The predicted octanol–water partition coefficient (Wildman–Crippen LogP) is 6.86. The van der Waals surface area contributed by atoms with Gasteiger partial charge in [-0.05, 0) is 67.1 Å². The largest absolute Gasteiger partial charge is 0.508 e. The molecule has 282 valence electrons. The fourth-order valence-corrected chi connectivity index (χ4v) is 7.99. The number of nitrogens with one attached hydrogen (secondary N) is 1. The van der Waals surface area contributed by atoms with Gasteiger partial charge in [0.2, 0.25) is 11.7 Å². The van der Waals surface area contributed by atoms with Crippen molar-refractivity contribution in [3.63, 3.8) is 0 Å². The Hall–Kier alpha value is -5.48. The van der Waals surface area contributed by atoms with E-state index in [1.165, 1.54) is 42.5 Å². The van der Waals surface area contributed by atoms with Gasteiger partial charge in [0.25, 0.3) is 5.88 Å². The van der Waals surface area contributed by atoms with Gasteiger partial charge in [0, 0.05) is 44.1 Å². The summed E-state index contributed by atoms with van der Waals surface area (Å²) in [4.78, 5) is 25.7. The SMILES string of the molecule is C#Cc1c(F)ccc2cc(O)cc(C3COc4c(NCC5(N(C)C(=O)C=C)CCCC5)nc(OC[C@]5(C)C[C@@H](F)CN5Cc5ccc(F)cc5)nc4O3)c12. The van der Waals surface area contributed by atoms with Crippen LogP contribution in [0, 0.1) is 24.0 Å². The second kappa shape index (κ2) is 14.7. The zero-order valence-corrected chi connectivity index (χ0v) is 30.2. The molecule has 1 amide bonds. The molecule has 1 aliphatic carbocycles. The molecule has 1 saturated carbocycles. The Morgan fingerprint density at radius 3 is 2.69 bits per heavy atom. The molecule has 13 heteroatoms. The highest BCUT2D eigenvalue weighted by atomic mass is 19.1. The second-order valence-electron chi connectivity index (χ2n) is 14.6. The van der Waals surface area contributed by atoms with E-state index in [-0.39, 0.29) is 72.7 Å². The predicted molar refractivity (Wildman–Crippen MR) is 197 cm³/mol. The Bertz CT molecular complexity index is 2120. The van der Waals surface area contributed by atoms with Crippen LogP contribution < -0.4 is 19.5 Å². The van der Waals surface area contributed by atoms with E-state index >= 15 is 0 Å². The van der Waals surface area contributed by atoms with Crippen molar-refractivity contribution in [2.45, 2.75) is 68.9 Å². The van der Waals surface area contributed by atoms with Crippen LogP contribution in [0.25, 0.3) is 10.8 Å². The Balaban J connectivity index is 1.22. The average molecular weight is 742 g/mol. The number of nitrogens with zero attached hydrogens (tertiary/aromatic N) is 4. The lowest BCUT2D eigenvalue weighted by Crippen LogP contribution is -2.51. The summed E-state index contributed by atoms with van der Waals surface area (Å²) < 4.78 is 62.5. The van der Waals surface area contributed by atoms with Crippen LogP contribution in [0.5, 0.6) is 23.4 Å². The van der Waals surface area contributed by atoms with Gasteiger partial charge in [-0.15, -0.1) is 6.42 Å². The van der Waals surface area contributed by atoms with E-state index in [9.17, 15) is 23.1 Å². The van der Waals surface area contributed by atoms with Gasteiger partial charge in [0.1, 0.15) is 36.8 Å². The molecule has 1 aromatic heterocycles. The van der Waals surface area contributed by atoms with Gasteiger partial charge in [0.05, 0.1) is 16.6 Å². The molecule has 0 radical (unpaired) electrons. The van der Waals surface area contributed by atoms with Crippen LogP contribution in [0.3, 0.4) is 0 Å². The van der Waals surface area contributed by atoms with Crippen LogP contribution in [-0.4, -0.2) is 81.4 Å². The van der Waals surface area contributed by atoms with Crippen LogP contribution in [0.2, 0.25) is 0 Å². The number of alkyl halides is 1. The third-order valence-electron chi connectivity index (χ3n) is 11.0. The minimum Gasteiger partial charge on any atom is -0.508 e. The summed E-state index contributed by atoms with van der Waals surface area (Å²) in [6, 6.07) is 11.8. The standard InChI is InChI=1S/C41H42F3N5O5/c1-5-30-32(44)14-11-26-17-29(50)18-31(35(26)30)33-22-52-36-37(45-23-41(15-7-8-16-41)48(4)34(51)6-2)46-39(47-38(36)54-33)53-24-40(3)19-28(43)21-49(40)20-25-9-12-27(42)13-10-25/h1,6,9-14,17-18,28,33,50H,2,7-8,15-16,19-24H2,3-4H3,(H,45,46,47)/t28-,33?,40+/m1/s1. The molecular weight excluding hydrogens is 699 g/mol. The lowest BCUT2D eigenvalue weighted by atomic mass is 9.95. The number of phenols is 1. The number of fused-ring (bicyclic) bond motifs is 2. The number of likely N-dealkylation sites (tertiary alicyclic amines) is 1. The quantitative estimate of drug-likeness (QED) is 0.126. The number of hydrogen-bond donors (Lipinski definition) is 2. The number of anilines is 1. The Kier molecular flexibility index (Phi) is 10.1. The summed E-state index contributed by atoms with van der Waals surface area (Å²) in [5, 5.41) is 14.9. The third kappa shape index (κ3) is 7.10. The van der Waals surface area contributed by atoms with Crippen LogP contribution in [0.1, 0.15) is 61.8 Å². The highest BCUT2D eigenvalue weighted by Gasteiger charge is 2.44. The number of hydrogen-bond acceptors (Lipinski definition) is 9. The summed E-state index contributed by atoms with van der Waals surface area (Å²) in [5.74, 6) is 1.69. The minimum absolute atomic E-state index is 0.0135. The molecule has 3 aliphatic rings. The summed E-state index contributed by atoms with van der Waals surface area (Å²) in [6.07, 6.45) is 8.64. The molecule has 0 bridgehead atoms. The molecule has 10 nitrogen and oxygen atoms in total. The molecular formula is C41H42F3N5O5. The smallest absolute Gasteiger partial charge is 0.322 e. The number of ether oxygens (including phenoxy) is 3. The van der Waals surface area contributed by atoms with Crippen molar-refractivity contribution in [1.29, 1.82) is 0 Å². The van der Waals surface area contributed by atoms with Crippen molar-refractivity contribution in [2.24, 2.45) is 0 Å². The van der Waals surface area contributed by atoms with E-state index in [2.05, 4.69) is 27.8 Å². The number of aromatic hydroxyl groups is 1. The zero-order chi connectivity index (χ0) is 38.2. The number of benzene rings is 3. The van der Waals surface area contributed by atoms with Crippen molar-refractivity contribution in [3.05, 3.63) is 89.5 Å². The van der Waals surface area contributed by atoms with Crippen molar-refractivity contribution in [3.8, 4) is 35.7 Å². The van der Waals surface area contributed by atoms with Gasteiger partial charge >= 0.3 is 6.01 Å². The number of halogens is 3. The minimum atomic E-state index is -1.11. The zero-order valence-electron chi connectivity index (χ0n) is 30.2. The highest BCUT2D eigenvalue weighted by molar-refractivity contribution is 5.93. The van der Waals surface area contributed by atoms with Gasteiger partial charge in [-0.1, -0.05) is 43.5 Å². The number of likely N-dealkylation sites (N-methyl/N-ethyl adjacent to an activating group) is 1. The first-order valence-electron chi connectivity index (χ1n) is 18.0. The van der Waals surface area contributed by atoms with Crippen LogP contribution >= 0.6 is 0 Å². The summed E-state index contributed by atoms with van der Waals surface area (Å²) >= 11 is 0. The molecule has 7 rings (SSSR count). The molecule has 1 unspecified atom stereocenters. The normalized spacial score (nSPS) is 21.8. The monoisotopic (exact) mass is 741 g/mol. The number of carbonyl (C=O) groups is 1. The van der Waals surface area contributed by atoms with Gasteiger partial charge in [-0.25, -0.2) is 13.2 Å². The van der Waals surface area contributed by atoms with Gasteiger partial charge in [0.15, 0.2) is 11.9 Å². The number of aromatic nitrogens is 2. The Morgan fingerprint density at radius 1 is 1.20 bits per heavy atom. The van der Waals surface area contributed by atoms with Crippen LogP contribution in [0.15, 0.2) is 61.2 Å². The Morgan fingerprint density at radius 2 is 1.96 bits per heavy atom. The number of phenolic OH excluding ortho intramolecular Hbond substituents is 1. The average Bonchev–Trinajstić information content (AvgIpc) is 3.76. The summed E-state index contributed by atoms with van der Waals surface area (Å²) in [5.41, 5.74) is -0.0346. The maximum Gasteiger partial charge on any atom is 0.322 e. The first-order chi connectivity index (χ1) is 25.9. The number of amides is 1. The molecule has 2 N–H and O–H groups in total. The molecule has 2 fully saturated rings. The maximum atomic E-state index is 15.0. The summed E-state index contributed by atoms with van der Waals surface area (Å²) in [7, 11) is 1.76. The van der Waals surface area contributed by atoms with Gasteiger partial charge in [-0.3, -0.25) is 9.69 Å². The number of terminal acetylenes is 1. The first-order valence-corrected chi connectivity index (χ1v) is 18.0. The molecule has 4 aromatic rings. The van der Waals surface area contributed by atoms with Crippen molar-refractivity contribution in [1.82, 2.24) is 19.8 Å². The highest BCUT2D eigenvalue weighted by Crippen LogP contribution is 2.44. The Labute approximate surface area is 311 Å². The van der Waals surface area contributed by atoms with Gasteiger partial charge in [-0.2, -0.15) is 9.97 Å². The fourth-order valence-electron chi connectivity index (χ4n) is 7.99. The molecule has 2 aliphatic heterocycles. The molecule has 54 heavy (non-hydrogen) atoms. The van der Waals surface area contributed by atoms with E-state index in [1.807, 2.05) is 11.8 Å². The molecule has 3 aromatic carbocycles. The summed E-state index contributed by atoms with van der Waals surface area (Å²) in [6.45, 7) is 6.40. The molecule has 3 atom stereocenters. The van der Waals surface area contributed by atoms with Crippen LogP contribution in [0.4, 0.5) is 19.0 Å². The molecule has 3 heterocycles. The molecule has 1 saturated heterocycles. The lowest BCUT2D eigenvalue weighted by Gasteiger charge is -2.39. The fraction of sp³-hybridized carbons (Fsp3) is 0.390. The molecule has 0 spiro atoms. The van der Waals surface area contributed by atoms with Crippen molar-refractivity contribution in [2.75, 3.05) is 38.7 Å². The van der Waals surface area contributed by atoms with Crippen molar-refractivity contribution < 1.29 is 37.3 Å². The van der Waals surface area contributed by atoms with Gasteiger partial charge < -0.3 is 29.5 Å². The van der Waals surface area contributed by atoms with E-state index in [0.29, 0.717) is 29.4 Å². The topological polar surface area (TPSA) is 109 Å². The van der Waals surface area contributed by atoms with E-state index in [1.54, 1.807) is 24.1 Å². The third-order valence-corrected chi connectivity index (χ3v) is 11.0. The first kappa shape index (κ1) is 36.9. The van der Waals surface area contributed by atoms with E-state index < -0.39 is 29.2 Å². The van der Waals surface area contributed by atoms with E-state index in [0.717, 1.165) is 31.2 Å². The number of rotatable bonds is 11. The second-order valence-corrected chi connectivity index (χ2v) is 14.6. The van der Waals surface area contributed by atoms with E-state index in [4.69, 9.17) is 20.6 Å². The maximum absolute atomic E-state index is 15.0. The number of carbonyl (C=O) groups excluding carboxylic acids is 1.